The third-order valence-corrected chi connectivity index (χ3v) is 3.37. The monoisotopic (exact) mass is 315 g/mol. The van der Waals surface area contributed by atoms with E-state index in [4.69, 9.17) is 9.47 Å². The Bertz CT molecular complexity index is 722. The topological polar surface area (TPSA) is 78.7 Å². The molecule has 2 rings (SSSR count). The molecule has 0 radical (unpaired) electrons. The Kier molecular flexibility index (Phi) is 4.95. The molecule has 6 heteroatoms. The Labute approximate surface area is 133 Å². The first kappa shape index (κ1) is 16.5. The smallest absolute Gasteiger partial charge is 0.343 e. The Hall–Kier alpha value is -2.89. The van der Waals surface area contributed by atoms with Crippen molar-refractivity contribution in [3.8, 4) is 11.5 Å². The zero-order valence-electron chi connectivity index (χ0n) is 13.1. The van der Waals surface area contributed by atoms with Crippen LogP contribution in [0.1, 0.15) is 35.7 Å². The molecular formula is C17H17NO5. The summed E-state index contributed by atoms with van der Waals surface area (Å²) in [6.07, 6.45) is 0. The van der Waals surface area contributed by atoms with Crippen molar-refractivity contribution in [2.45, 2.75) is 19.8 Å². The molecule has 2 aromatic carbocycles. The van der Waals surface area contributed by atoms with Crippen LogP contribution in [0.3, 0.4) is 0 Å². The van der Waals surface area contributed by atoms with E-state index in [0.717, 1.165) is 11.6 Å². The minimum absolute atomic E-state index is 0.0884. The van der Waals surface area contributed by atoms with Crippen molar-refractivity contribution in [1.82, 2.24) is 0 Å². The van der Waals surface area contributed by atoms with Gasteiger partial charge in [0.25, 0.3) is 0 Å². The van der Waals surface area contributed by atoms with Crippen molar-refractivity contribution in [2.75, 3.05) is 7.11 Å². The van der Waals surface area contributed by atoms with Crippen LogP contribution in [0.15, 0.2) is 42.5 Å². The fourth-order valence-corrected chi connectivity index (χ4v) is 2.05. The van der Waals surface area contributed by atoms with Gasteiger partial charge in [-0.15, -0.1) is 0 Å². The molecule has 0 aliphatic heterocycles. The van der Waals surface area contributed by atoms with Crippen LogP contribution in [0.2, 0.25) is 0 Å². The number of methoxy groups -OCH3 is 1. The first-order chi connectivity index (χ1) is 10.9. The van der Waals surface area contributed by atoms with Gasteiger partial charge in [0.1, 0.15) is 5.75 Å². The van der Waals surface area contributed by atoms with E-state index in [9.17, 15) is 14.9 Å². The van der Waals surface area contributed by atoms with E-state index in [1.54, 1.807) is 12.1 Å². The summed E-state index contributed by atoms with van der Waals surface area (Å²) in [5, 5.41) is 11.0. The van der Waals surface area contributed by atoms with Crippen LogP contribution >= 0.6 is 0 Å². The zero-order valence-corrected chi connectivity index (χ0v) is 13.1. The Balaban J connectivity index is 2.20. The van der Waals surface area contributed by atoms with Gasteiger partial charge in [-0.3, -0.25) is 10.1 Å². The molecule has 0 N–H and O–H groups in total. The summed E-state index contributed by atoms with van der Waals surface area (Å²) in [5.41, 5.74) is 0.937. The summed E-state index contributed by atoms with van der Waals surface area (Å²) < 4.78 is 10.1. The SMILES string of the molecule is COc1ccc(C(=O)Oc2ccc(C(C)C)cc2)cc1[N+](=O)[O-]. The Morgan fingerprint density at radius 2 is 1.78 bits per heavy atom. The second-order valence-electron chi connectivity index (χ2n) is 5.26. The minimum Gasteiger partial charge on any atom is -0.490 e. The average molecular weight is 315 g/mol. The van der Waals surface area contributed by atoms with Crippen molar-refractivity contribution < 1.29 is 19.2 Å². The van der Waals surface area contributed by atoms with Gasteiger partial charge in [-0.1, -0.05) is 26.0 Å². The molecule has 0 aromatic heterocycles. The number of nitro benzene ring substituents is 1. The minimum atomic E-state index is -0.659. The lowest BCUT2D eigenvalue weighted by molar-refractivity contribution is -0.385. The van der Waals surface area contributed by atoms with Crippen LogP contribution in [-0.2, 0) is 0 Å². The van der Waals surface area contributed by atoms with Gasteiger partial charge >= 0.3 is 11.7 Å². The molecular weight excluding hydrogens is 298 g/mol. The van der Waals surface area contributed by atoms with Gasteiger partial charge in [-0.25, -0.2) is 4.79 Å². The molecule has 0 fully saturated rings. The highest BCUT2D eigenvalue weighted by Gasteiger charge is 2.19. The van der Waals surface area contributed by atoms with E-state index in [0.29, 0.717) is 11.7 Å². The lowest BCUT2D eigenvalue weighted by Crippen LogP contribution is -2.09. The summed E-state index contributed by atoms with van der Waals surface area (Å²) in [5.74, 6) is 0.197. The first-order valence-electron chi connectivity index (χ1n) is 7.07. The molecule has 0 spiro atoms. The third-order valence-electron chi connectivity index (χ3n) is 3.37. The van der Waals surface area contributed by atoms with Gasteiger partial charge in [0.2, 0.25) is 0 Å². The molecule has 0 unspecified atom stereocenters. The molecule has 0 saturated carbocycles. The number of carbonyl (C=O) groups is 1. The molecule has 0 bridgehead atoms. The number of nitro groups is 1. The van der Waals surface area contributed by atoms with Crippen molar-refractivity contribution in [1.29, 1.82) is 0 Å². The maximum Gasteiger partial charge on any atom is 0.343 e. The number of esters is 1. The summed E-state index contributed by atoms with van der Waals surface area (Å²) in [4.78, 5) is 22.5. The average Bonchev–Trinajstić information content (AvgIpc) is 2.54. The highest BCUT2D eigenvalue weighted by atomic mass is 16.6. The fraction of sp³-hybridized carbons (Fsp3) is 0.235. The third kappa shape index (κ3) is 3.85. The van der Waals surface area contributed by atoms with Crippen molar-refractivity contribution >= 4 is 11.7 Å². The predicted molar refractivity (Wildman–Crippen MR) is 85.1 cm³/mol. The number of ether oxygens (including phenoxy) is 2. The van der Waals surface area contributed by atoms with Gasteiger partial charge in [0.05, 0.1) is 17.6 Å². The van der Waals surface area contributed by atoms with Crippen molar-refractivity contribution in [3.05, 3.63) is 63.7 Å². The summed E-state index contributed by atoms with van der Waals surface area (Å²) in [7, 11) is 1.33. The summed E-state index contributed by atoms with van der Waals surface area (Å²) >= 11 is 0. The van der Waals surface area contributed by atoms with E-state index in [1.807, 2.05) is 12.1 Å². The van der Waals surface area contributed by atoms with E-state index < -0.39 is 10.9 Å². The molecule has 6 nitrogen and oxygen atoms in total. The van der Waals surface area contributed by atoms with E-state index in [2.05, 4.69) is 13.8 Å². The molecule has 0 atom stereocenters. The van der Waals surface area contributed by atoms with Crippen LogP contribution in [0.4, 0.5) is 5.69 Å². The number of hydrogen-bond donors (Lipinski definition) is 0. The van der Waals surface area contributed by atoms with Gasteiger partial charge in [0.15, 0.2) is 5.75 Å². The molecule has 2 aromatic rings. The van der Waals surface area contributed by atoms with Crippen LogP contribution in [0.25, 0.3) is 0 Å². The summed E-state index contributed by atoms with van der Waals surface area (Å²) in [6, 6.07) is 11.1. The van der Waals surface area contributed by atoms with Crippen LogP contribution < -0.4 is 9.47 Å². The van der Waals surface area contributed by atoms with Crippen LogP contribution in [0, 0.1) is 10.1 Å². The fourth-order valence-electron chi connectivity index (χ4n) is 2.05. The maximum absolute atomic E-state index is 12.1. The van der Waals surface area contributed by atoms with Gasteiger partial charge in [0, 0.05) is 6.07 Å². The normalized spacial score (nSPS) is 10.4. The van der Waals surface area contributed by atoms with Crippen LogP contribution in [-0.4, -0.2) is 18.0 Å². The largest absolute Gasteiger partial charge is 0.490 e. The second-order valence-corrected chi connectivity index (χ2v) is 5.26. The van der Waals surface area contributed by atoms with Gasteiger partial charge in [-0.2, -0.15) is 0 Å². The molecule has 0 aliphatic carbocycles. The van der Waals surface area contributed by atoms with Gasteiger partial charge < -0.3 is 9.47 Å². The second kappa shape index (κ2) is 6.91. The van der Waals surface area contributed by atoms with Crippen molar-refractivity contribution in [3.63, 3.8) is 0 Å². The molecule has 0 aliphatic rings. The van der Waals surface area contributed by atoms with Crippen molar-refractivity contribution in [2.24, 2.45) is 0 Å². The number of benzene rings is 2. The van der Waals surface area contributed by atoms with Gasteiger partial charge in [-0.05, 0) is 35.7 Å². The number of nitrogens with zero attached hydrogens (tertiary/aromatic N) is 1. The Morgan fingerprint density at radius 1 is 1.13 bits per heavy atom. The highest BCUT2D eigenvalue weighted by molar-refractivity contribution is 5.92. The Morgan fingerprint density at radius 3 is 2.30 bits per heavy atom. The first-order valence-corrected chi connectivity index (χ1v) is 7.07. The van der Waals surface area contributed by atoms with Crippen LogP contribution in [0.5, 0.6) is 11.5 Å². The lowest BCUT2D eigenvalue weighted by Gasteiger charge is -2.08. The lowest BCUT2D eigenvalue weighted by atomic mass is 10.0. The summed E-state index contributed by atoms with van der Waals surface area (Å²) in [6.45, 7) is 4.13. The number of carbonyl (C=O) groups excluding carboxylic acids is 1. The number of rotatable bonds is 5. The number of hydrogen-bond acceptors (Lipinski definition) is 5. The van der Waals surface area contributed by atoms with E-state index in [1.165, 1.54) is 19.2 Å². The quantitative estimate of drug-likeness (QED) is 0.361. The molecule has 0 heterocycles. The maximum atomic E-state index is 12.1. The van der Waals surface area contributed by atoms with E-state index in [-0.39, 0.29) is 17.0 Å². The molecule has 120 valence electrons. The van der Waals surface area contributed by atoms with E-state index >= 15 is 0 Å². The predicted octanol–water partition coefficient (Wildman–Crippen LogP) is 3.95. The molecule has 0 saturated heterocycles. The molecule has 23 heavy (non-hydrogen) atoms. The zero-order chi connectivity index (χ0) is 17.0. The molecule has 0 amide bonds. The standard InChI is InChI=1S/C17H17NO5/c1-11(2)12-4-7-14(8-5-12)23-17(19)13-6-9-16(22-3)15(10-13)18(20)21/h4-11H,1-3H3. The highest BCUT2D eigenvalue weighted by Crippen LogP contribution is 2.28.